The standard InChI is InChI=1S/C20H23NO3/c1-13-6-5-7-14(2)18(13)21-19(22)20(3,4)15-8-9-16-17(12-15)24-11-10-23-16/h5-9,12H,10-11H2,1-4H3,(H,21,22). The Bertz CT molecular complexity index is 760. The van der Waals surface area contributed by atoms with E-state index in [1.54, 1.807) is 0 Å². The van der Waals surface area contributed by atoms with E-state index < -0.39 is 5.41 Å². The minimum Gasteiger partial charge on any atom is -0.486 e. The van der Waals surface area contributed by atoms with E-state index in [1.165, 1.54) is 0 Å². The van der Waals surface area contributed by atoms with E-state index in [1.807, 2.05) is 64.1 Å². The molecule has 126 valence electrons. The maximum Gasteiger partial charge on any atom is 0.234 e. The van der Waals surface area contributed by atoms with Crippen LogP contribution in [0.2, 0.25) is 0 Å². The van der Waals surface area contributed by atoms with Crippen LogP contribution in [0.25, 0.3) is 0 Å². The Balaban J connectivity index is 1.88. The smallest absolute Gasteiger partial charge is 0.234 e. The molecular formula is C20H23NO3. The minimum atomic E-state index is -0.690. The third kappa shape index (κ3) is 2.96. The molecule has 2 aromatic rings. The zero-order valence-electron chi connectivity index (χ0n) is 14.6. The summed E-state index contributed by atoms with van der Waals surface area (Å²) >= 11 is 0. The molecule has 24 heavy (non-hydrogen) atoms. The number of benzene rings is 2. The highest BCUT2D eigenvalue weighted by Crippen LogP contribution is 2.36. The molecule has 1 amide bonds. The highest BCUT2D eigenvalue weighted by molar-refractivity contribution is 5.99. The molecule has 0 aliphatic carbocycles. The van der Waals surface area contributed by atoms with Crippen LogP contribution in [-0.4, -0.2) is 19.1 Å². The number of ether oxygens (including phenoxy) is 2. The molecule has 0 bridgehead atoms. The fraction of sp³-hybridized carbons (Fsp3) is 0.350. The van der Waals surface area contributed by atoms with Gasteiger partial charge >= 0.3 is 0 Å². The number of amides is 1. The number of carbonyl (C=O) groups excluding carboxylic acids is 1. The van der Waals surface area contributed by atoms with Gasteiger partial charge in [0.05, 0.1) is 5.41 Å². The van der Waals surface area contributed by atoms with Gasteiger partial charge < -0.3 is 14.8 Å². The highest BCUT2D eigenvalue weighted by Gasteiger charge is 2.31. The van der Waals surface area contributed by atoms with Crippen molar-refractivity contribution in [3.05, 3.63) is 53.1 Å². The average molecular weight is 325 g/mol. The van der Waals surface area contributed by atoms with Crippen LogP contribution in [0.5, 0.6) is 11.5 Å². The summed E-state index contributed by atoms with van der Waals surface area (Å²) in [7, 11) is 0. The lowest BCUT2D eigenvalue weighted by molar-refractivity contribution is -0.120. The van der Waals surface area contributed by atoms with E-state index in [0.29, 0.717) is 19.0 Å². The maximum atomic E-state index is 12.9. The Morgan fingerprint density at radius 3 is 2.29 bits per heavy atom. The Hall–Kier alpha value is -2.49. The van der Waals surface area contributed by atoms with Crippen molar-refractivity contribution in [2.24, 2.45) is 0 Å². The summed E-state index contributed by atoms with van der Waals surface area (Å²) in [6.45, 7) is 8.93. The topological polar surface area (TPSA) is 47.6 Å². The average Bonchev–Trinajstić information content (AvgIpc) is 2.57. The van der Waals surface area contributed by atoms with Gasteiger partial charge in [-0.2, -0.15) is 0 Å². The summed E-state index contributed by atoms with van der Waals surface area (Å²) in [4.78, 5) is 12.9. The largest absolute Gasteiger partial charge is 0.486 e. The van der Waals surface area contributed by atoms with Gasteiger partial charge in [0.15, 0.2) is 11.5 Å². The molecular weight excluding hydrogens is 302 g/mol. The number of rotatable bonds is 3. The van der Waals surface area contributed by atoms with Crippen LogP contribution < -0.4 is 14.8 Å². The van der Waals surface area contributed by atoms with Crippen molar-refractivity contribution in [1.82, 2.24) is 0 Å². The van der Waals surface area contributed by atoms with Gasteiger partial charge in [-0.25, -0.2) is 0 Å². The van der Waals surface area contributed by atoms with Crippen molar-refractivity contribution in [3.63, 3.8) is 0 Å². The van der Waals surface area contributed by atoms with E-state index in [0.717, 1.165) is 28.1 Å². The Morgan fingerprint density at radius 1 is 1.00 bits per heavy atom. The van der Waals surface area contributed by atoms with Gasteiger partial charge in [0.1, 0.15) is 13.2 Å². The van der Waals surface area contributed by atoms with Crippen LogP contribution in [0.15, 0.2) is 36.4 Å². The maximum absolute atomic E-state index is 12.9. The number of nitrogens with one attached hydrogen (secondary N) is 1. The number of hydrogen-bond acceptors (Lipinski definition) is 3. The first kappa shape index (κ1) is 16.4. The zero-order chi connectivity index (χ0) is 17.3. The molecule has 2 aromatic carbocycles. The van der Waals surface area contributed by atoms with Crippen LogP contribution in [0.3, 0.4) is 0 Å². The van der Waals surface area contributed by atoms with Gasteiger partial charge in [-0.3, -0.25) is 4.79 Å². The number of aryl methyl sites for hydroxylation is 2. The lowest BCUT2D eigenvalue weighted by Gasteiger charge is -2.27. The quantitative estimate of drug-likeness (QED) is 0.928. The fourth-order valence-corrected chi connectivity index (χ4v) is 2.84. The van der Waals surface area contributed by atoms with Crippen LogP contribution in [-0.2, 0) is 10.2 Å². The number of fused-ring (bicyclic) bond motifs is 1. The van der Waals surface area contributed by atoms with Crippen LogP contribution in [0, 0.1) is 13.8 Å². The molecule has 0 saturated heterocycles. The number of anilines is 1. The van der Waals surface area contributed by atoms with Gasteiger partial charge in [-0.1, -0.05) is 24.3 Å². The van der Waals surface area contributed by atoms with Crippen molar-refractivity contribution < 1.29 is 14.3 Å². The normalized spacial score (nSPS) is 13.5. The Labute approximate surface area is 142 Å². The van der Waals surface area contributed by atoms with Crippen molar-refractivity contribution in [2.45, 2.75) is 33.1 Å². The molecule has 1 aliphatic heterocycles. The van der Waals surface area contributed by atoms with Crippen molar-refractivity contribution in [3.8, 4) is 11.5 Å². The summed E-state index contributed by atoms with van der Waals surface area (Å²) in [6, 6.07) is 11.7. The van der Waals surface area contributed by atoms with E-state index in [2.05, 4.69) is 5.32 Å². The SMILES string of the molecule is Cc1cccc(C)c1NC(=O)C(C)(C)c1ccc2c(c1)OCCO2. The summed E-state index contributed by atoms with van der Waals surface area (Å²) in [5.74, 6) is 1.39. The van der Waals surface area contributed by atoms with Gasteiger partial charge in [0.2, 0.25) is 5.91 Å². The van der Waals surface area contributed by atoms with E-state index >= 15 is 0 Å². The molecule has 3 rings (SSSR count). The van der Waals surface area contributed by atoms with Gasteiger partial charge in [-0.15, -0.1) is 0 Å². The first-order valence-electron chi connectivity index (χ1n) is 8.17. The molecule has 0 aromatic heterocycles. The monoisotopic (exact) mass is 325 g/mol. The van der Waals surface area contributed by atoms with Gasteiger partial charge in [0, 0.05) is 5.69 Å². The van der Waals surface area contributed by atoms with E-state index in [9.17, 15) is 4.79 Å². The molecule has 4 heteroatoms. The minimum absolute atomic E-state index is 0.0448. The van der Waals surface area contributed by atoms with Gasteiger partial charge in [0.25, 0.3) is 0 Å². The van der Waals surface area contributed by atoms with Crippen molar-refractivity contribution in [1.29, 1.82) is 0 Å². The molecule has 1 N–H and O–H groups in total. The van der Waals surface area contributed by atoms with Crippen molar-refractivity contribution >= 4 is 11.6 Å². The number of carbonyl (C=O) groups is 1. The Kier molecular flexibility index (Phi) is 4.22. The summed E-state index contributed by atoms with van der Waals surface area (Å²) in [5, 5.41) is 3.09. The zero-order valence-corrected chi connectivity index (χ0v) is 14.6. The lowest BCUT2D eigenvalue weighted by Crippen LogP contribution is -2.35. The summed E-state index contributed by atoms with van der Waals surface area (Å²) < 4.78 is 11.2. The molecule has 0 fully saturated rings. The van der Waals surface area contributed by atoms with Crippen LogP contribution >= 0.6 is 0 Å². The molecule has 4 nitrogen and oxygen atoms in total. The second kappa shape index (κ2) is 6.19. The molecule has 0 saturated carbocycles. The molecule has 0 radical (unpaired) electrons. The van der Waals surface area contributed by atoms with Crippen LogP contribution in [0.1, 0.15) is 30.5 Å². The van der Waals surface area contributed by atoms with Crippen LogP contribution in [0.4, 0.5) is 5.69 Å². The third-order valence-corrected chi connectivity index (χ3v) is 4.55. The second-order valence-electron chi connectivity index (χ2n) is 6.70. The van der Waals surface area contributed by atoms with Gasteiger partial charge in [-0.05, 0) is 56.5 Å². The third-order valence-electron chi connectivity index (χ3n) is 4.55. The molecule has 1 heterocycles. The predicted molar refractivity (Wildman–Crippen MR) is 95.0 cm³/mol. The number of para-hydroxylation sites is 1. The fourth-order valence-electron chi connectivity index (χ4n) is 2.84. The second-order valence-corrected chi connectivity index (χ2v) is 6.70. The number of hydrogen-bond donors (Lipinski definition) is 1. The first-order chi connectivity index (χ1) is 11.4. The van der Waals surface area contributed by atoms with E-state index in [-0.39, 0.29) is 5.91 Å². The first-order valence-corrected chi connectivity index (χ1v) is 8.17. The summed E-state index contributed by atoms with van der Waals surface area (Å²) in [5.41, 5.74) is 3.20. The van der Waals surface area contributed by atoms with E-state index in [4.69, 9.17) is 9.47 Å². The molecule has 0 unspecified atom stereocenters. The highest BCUT2D eigenvalue weighted by atomic mass is 16.6. The molecule has 0 spiro atoms. The summed E-state index contributed by atoms with van der Waals surface area (Å²) in [6.07, 6.45) is 0. The lowest BCUT2D eigenvalue weighted by atomic mass is 9.83. The predicted octanol–water partition coefficient (Wildman–Crippen LogP) is 3.99. The molecule has 0 atom stereocenters. The van der Waals surface area contributed by atoms with Crippen molar-refractivity contribution in [2.75, 3.05) is 18.5 Å². The Morgan fingerprint density at radius 2 is 1.62 bits per heavy atom. The molecule has 1 aliphatic rings.